The van der Waals surface area contributed by atoms with Crippen molar-refractivity contribution < 1.29 is 28.7 Å². The van der Waals surface area contributed by atoms with Crippen LogP contribution in [-0.4, -0.2) is 55.2 Å². The van der Waals surface area contributed by atoms with E-state index in [2.05, 4.69) is 16.0 Å². The zero-order chi connectivity index (χ0) is 24.3. The Morgan fingerprint density at radius 3 is 2.12 bits per heavy atom. The molecule has 178 valence electrons. The topological polar surface area (TPSA) is 123 Å². The van der Waals surface area contributed by atoms with Gasteiger partial charge in [-0.05, 0) is 38.7 Å². The summed E-state index contributed by atoms with van der Waals surface area (Å²) in [6.45, 7) is 8.62. The highest BCUT2D eigenvalue weighted by atomic mass is 16.6. The van der Waals surface area contributed by atoms with E-state index >= 15 is 0 Å². The van der Waals surface area contributed by atoms with Crippen LogP contribution in [0.5, 0.6) is 0 Å². The van der Waals surface area contributed by atoms with Crippen LogP contribution in [0.4, 0.5) is 4.79 Å². The van der Waals surface area contributed by atoms with Gasteiger partial charge in [0.25, 0.3) is 0 Å². The highest BCUT2D eigenvalue weighted by Crippen LogP contribution is 2.09. The highest BCUT2D eigenvalue weighted by molar-refractivity contribution is 5.92. The van der Waals surface area contributed by atoms with Gasteiger partial charge in [0.1, 0.15) is 24.2 Å². The first kappa shape index (κ1) is 26.9. The lowest BCUT2D eigenvalue weighted by Gasteiger charge is -2.24. The molecule has 0 bridgehead atoms. The SMILES string of the molecule is COC(=O)[C@H](CC(C)C)NC(=O)[C@H](Cc1ccccc1)NC(=O)CNC(=O)OC(C)(C)C. The van der Waals surface area contributed by atoms with Crippen LogP contribution in [-0.2, 0) is 30.3 Å². The van der Waals surface area contributed by atoms with E-state index in [9.17, 15) is 19.2 Å². The Kier molecular flexibility index (Phi) is 10.7. The molecule has 0 spiro atoms. The number of amides is 3. The van der Waals surface area contributed by atoms with Gasteiger partial charge in [-0.15, -0.1) is 0 Å². The lowest BCUT2D eigenvalue weighted by atomic mass is 10.0. The molecule has 2 atom stereocenters. The Balaban J connectivity index is 2.87. The number of carbonyl (C=O) groups excluding carboxylic acids is 4. The molecule has 0 saturated heterocycles. The van der Waals surface area contributed by atoms with Crippen molar-refractivity contribution in [1.29, 1.82) is 0 Å². The molecule has 0 saturated carbocycles. The van der Waals surface area contributed by atoms with Gasteiger partial charge >= 0.3 is 12.1 Å². The number of esters is 1. The number of hydrogen-bond acceptors (Lipinski definition) is 6. The zero-order valence-electron chi connectivity index (χ0n) is 19.7. The summed E-state index contributed by atoms with van der Waals surface area (Å²) in [5, 5.41) is 7.67. The third kappa shape index (κ3) is 10.8. The van der Waals surface area contributed by atoms with Gasteiger partial charge in [0.2, 0.25) is 11.8 Å². The van der Waals surface area contributed by atoms with Crippen molar-refractivity contribution in [3.8, 4) is 0 Å². The molecule has 1 rings (SSSR count). The molecule has 3 amide bonds. The van der Waals surface area contributed by atoms with E-state index in [0.29, 0.717) is 6.42 Å². The molecule has 0 aromatic heterocycles. The molecule has 1 aromatic carbocycles. The van der Waals surface area contributed by atoms with Crippen molar-refractivity contribution in [2.24, 2.45) is 5.92 Å². The second kappa shape index (κ2) is 12.7. The van der Waals surface area contributed by atoms with E-state index in [0.717, 1.165) is 5.56 Å². The largest absolute Gasteiger partial charge is 0.467 e. The summed E-state index contributed by atoms with van der Waals surface area (Å²) in [7, 11) is 1.26. The van der Waals surface area contributed by atoms with Crippen molar-refractivity contribution in [2.75, 3.05) is 13.7 Å². The average Bonchev–Trinajstić information content (AvgIpc) is 2.69. The smallest absolute Gasteiger partial charge is 0.408 e. The quantitative estimate of drug-likeness (QED) is 0.469. The number of alkyl carbamates (subject to hydrolysis) is 1. The van der Waals surface area contributed by atoms with Crippen LogP contribution in [0.2, 0.25) is 0 Å². The summed E-state index contributed by atoms with van der Waals surface area (Å²) >= 11 is 0. The summed E-state index contributed by atoms with van der Waals surface area (Å²) in [4.78, 5) is 49.3. The molecule has 0 aliphatic heterocycles. The standard InChI is InChI=1S/C23H35N3O6/c1-15(2)12-18(21(29)31-6)26-20(28)17(13-16-10-8-7-9-11-16)25-19(27)14-24-22(30)32-23(3,4)5/h7-11,15,17-18H,12-14H2,1-6H3,(H,24,30)(H,25,27)(H,26,28)/t17-,18-/m0/s1. The molecule has 1 aromatic rings. The van der Waals surface area contributed by atoms with Crippen molar-refractivity contribution >= 4 is 23.9 Å². The van der Waals surface area contributed by atoms with Gasteiger partial charge in [-0.2, -0.15) is 0 Å². The molecule has 0 unspecified atom stereocenters. The Labute approximate surface area is 189 Å². The fourth-order valence-corrected chi connectivity index (χ4v) is 2.87. The molecule has 0 fully saturated rings. The maximum Gasteiger partial charge on any atom is 0.408 e. The van der Waals surface area contributed by atoms with Crippen LogP contribution in [0, 0.1) is 5.92 Å². The van der Waals surface area contributed by atoms with Crippen molar-refractivity contribution in [3.05, 3.63) is 35.9 Å². The number of rotatable bonds is 10. The van der Waals surface area contributed by atoms with E-state index in [1.807, 2.05) is 44.2 Å². The molecule has 9 nitrogen and oxygen atoms in total. The summed E-state index contributed by atoms with van der Waals surface area (Å²) in [6, 6.07) is 7.37. The van der Waals surface area contributed by atoms with Gasteiger partial charge in [0.15, 0.2) is 0 Å². The number of hydrogen-bond donors (Lipinski definition) is 3. The van der Waals surface area contributed by atoms with Crippen LogP contribution < -0.4 is 16.0 Å². The van der Waals surface area contributed by atoms with E-state index < -0.39 is 41.6 Å². The maximum absolute atomic E-state index is 13.0. The first-order chi connectivity index (χ1) is 14.9. The molecule has 3 N–H and O–H groups in total. The van der Waals surface area contributed by atoms with Gasteiger partial charge < -0.3 is 25.4 Å². The minimum absolute atomic E-state index is 0.139. The van der Waals surface area contributed by atoms with Gasteiger partial charge in [0, 0.05) is 6.42 Å². The Morgan fingerprint density at radius 2 is 1.59 bits per heavy atom. The molecule has 9 heteroatoms. The van der Waals surface area contributed by atoms with Crippen molar-refractivity contribution in [3.63, 3.8) is 0 Å². The van der Waals surface area contributed by atoms with Crippen LogP contribution >= 0.6 is 0 Å². The molecule has 0 aliphatic carbocycles. The van der Waals surface area contributed by atoms with Gasteiger partial charge in [-0.25, -0.2) is 9.59 Å². The van der Waals surface area contributed by atoms with Crippen LogP contribution in [0.15, 0.2) is 30.3 Å². The lowest BCUT2D eigenvalue weighted by molar-refractivity contribution is -0.145. The molecule has 0 heterocycles. The number of ether oxygens (including phenoxy) is 2. The fourth-order valence-electron chi connectivity index (χ4n) is 2.87. The van der Waals surface area contributed by atoms with Gasteiger partial charge in [0.05, 0.1) is 7.11 Å². The highest BCUT2D eigenvalue weighted by Gasteiger charge is 2.28. The number of carbonyl (C=O) groups is 4. The van der Waals surface area contributed by atoms with Gasteiger partial charge in [-0.3, -0.25) is 9.59 Å². The van der Waals surface area contributed by atoms with E-state index in [4.69, 9.17) is 9.47 Å². The minimum atomic E-state index is -0.954. The lowest BCUT2D eigenvalue weighted by Crippen LogP contribution is -2.54. The molecular weight excluding hydrogens is 414 g/mol. The van der Waals surface area contributed by atoms with Gasteiger partial charge in [-0.1, -0.05) is 44.2 Å². The van der Waals surface area contributed by atoms with Crippen LogP contribution in [0.1, 0.15) is 46.6 Å². The summed E-state index contributed by atoms with van der Waals surface area (Å²) in [5.41, 5.74) is 0.127. The molecule has 0 radical (unpaired) electrons. The predicted molar refractivity (Wildman–Crippen MR) is 120 cm³/mol. The minimum Gasteiger partial charge on any atom is -0.467 e. The average molecular weight is 450 g/mol. The number of benzene rings is 1. The van der Waals surface area contributed by atoms with Crippen LogP contribution in [0.3, 0.4) is 0 Å². The normalized spacial score (nSPS) is 13.0. The zero-order valence-corrected chi connectivity index (χ0v) is 19.7. The summed E-state index contributed by atoms with van der Waals surface area (Å²) < 4.78 is 9.90. The Bertz CT molecular complexity index is 774. The first-order valence-corrected chi connectivity index (χ1v) is 10.6. The third-order valence-corrected chi connectivity index (χ3v) is 4.24. The second-order valence-corrected chi connectivity index (χ2v) is 8.88. The summed E-state index contributed by atoms with van der Waals surface area (Å²) in [5.74, 6) is -1.50. The monoisotopic (exact) mass is 449 g/mol. The molecular formula is C23H35N3O6. The predicted octanol–water partition coefficient (Wildman–Crippen LogP) is 1.94. The second-order valence-electron chi connectivity index (χ2n) is 8.88. The third-order valence-electron chi connectivity index (χ3n) is 4.24. The van der Waals surface area contributed by atoms with Crippen molar-refractivity contribution in [2.45, 2.75) is 65.1 Å². The van der Waals surface area contributed by atoms with Crippen LogP contribution in [0.25, 0.3) is 0 Å². The van der Waals surface area contributed by atoms with E-state index in [-0.39, 0.29) is 18.9 Å². The Morgan fingerprint density at radius 1 is 0.969 bits per heavy atom. The Hall–Kier alpha value is -3.10. The fraction of sp³-hybridized carbons (Fsp3) is 0.565. The number of methoxy groups -OCH3 is 1. The summed E-state index contributed by atoms with van der Waals surface area (Å²) in [6.07, 6.45) is -0.134. The van der Waals surface area contributed by atoms with E-state index in [1.54, 1.807) is 20.8 Å². The first-order valence-electron chi connectivity index (χ1n) is 10.6. The maximum atomic E-state index is 13.0. The van der Waals surface area contributed by atoms with Crippen molar-refractivity contribution in [1.82, 2.24) is 16.0 Å². The molecule has 32 heavy (non-hydrogen) atoms. The molecule has 0 aliphatic rings. The number of nitrogens with one attached hydrogen (secondary N) is 3. The van der Waals surface area contributed by atoms with E-state index in [1.165, 1.54) is 7.11 Å².